The minimum absolute atomic E-state index is 0.117. The number of rotatable bonds is 8. The second-order valence-electron chi connectivity index (χ2n) is 18.8. The van der Waals surface area contributed by atoms with Gasteiger partial charge in [0.25, 0.3) is 0 Å². The first-order valence-corrected chi connectivity index (χ1v) is 24.0. The zero-order chi connectivity index (χ0) is 46.8. The summed E-state index contributed by atoms with van der Waals surface area (Å²) in [5, 5.41) is 2.52. The summed E-state index contributed by atoms with van der Waals surface area (Å²) in [6, 6.07) is 87.1. The average molecular weight is 895 g/mol. The van der Waals surface area contributed by atoms with E-state index in [0.717, 1.165) is 66.9 Å². The predicted molar refractivity (Wildman–Crippen MR) is 290 cm³/mol. The summed E-state index contributed by atoms with van der Waals surface area (Å²) in [6.45, 7) is 4.73. The third-order valence-electron chi connectivity index (χ3n) is 14.2. The number of nitrogens with zero attached hydrogens (tertiary/aromatic N) is 4. The quantitative estimate of drug-likeness (QED) is 0.153. The molecule has 2 aromatic heterocycles. The molecule has 0 saturated heterocycles. The van der Waals surface area contributed by atoms with Crippen LogP contribution in [-0.2, 0) is 5.41 Å². The van der Waals surface area contributed by atoms with Crippen LogP contribution >= 0.6 is 0 Å². The predicted octanol–water partition coefficient (Wildman–Crippen LogP) is 16.9. The Labute approximate surface area is 407 Å². The van der Waals surface area contributed by atoms with Crippen LogP contribution < -0.4 is 0 Å². The van der Waals surface area contributed by atoms with Crippen LogP contribution in [0.3, 0.4) is 0 Å². The molecule has 0 radical (unpaired) electrons. The molecule has 0 amide bonds. The highest BCUT2D eigenvalue weighted by atomic mass is 15.0. The van der Waals surface area contributed by atoms with E-state index in [9.17, 15) is 0 Å². The molecule has 12 aromatic rings. The Balaban J connectivity index is 1.00. The molecule has 2 heterocycles. The number of hydrogen-bond donors (Lipinski definition) is 0. The van der Waals surface area contributed by atoms with Crippen molar-refractivity contribution in [3.8, 4) is 95.5 Å². The zero-order valence-corrected chi connectivity index (χ0v) is 38.9. The molecule has 1 aliphatic rings. The number of aromatic nitrogens is 4. The van der Waals surface area contributed by atoms with E-state index in [1.807, 2.05) is 60.7 Å². The molecule has 0 unspecified atom stereocenters. The van der Waals surface area contributed by atoms with Crippen molar-refractivity contribution in [1.29, 1.82) is 0 Å². The van der Waals surface area contributed by atoms with Crippen molar-refractivity contribution < 1.29 is 0 Å². The van der Waals surface area contributed by atoms with Gasteiger partial charge in [-0.15, -0.1) is 0 Å². The van der Waals surface area contributed by atoms with Crippen molar-refractivity contribution in [3.05, 3.63) is 254 Å². The van der Waals surface area contributed by atoms with E-state index in [2.05, 4.69) is 200 Å². The molecule has 70 heavy (non-hydrogen) atoms. The second kappa shape index (κ2) is 16.7. The van der Waals surface area contributed by atoms with E-state index in [-0.39, 0.29) is 5.41 Å². The minimum atomic E-state index is -0.117. The molecular weight excluding hydrogens is 849 g/mol. The molecule has 0 fully saturated rings. The lowest BCUT2D eigenvalue weighted by Crippen LogP contribution is -2.14. The fraction of sp³-hybridized carbons (Fsp3) is 0.0455. The summed E-state index contributed by atoms with van der Waals surface area (Å²) in [6.07, 6.45) is 0. The largest absolute Gasteiger partial charge is 0.309 e. The molecule has 0 spiro atoms. The SMILES string of the molecule is CC1(C)c2ccccc2-c2cc3c4ccccc4n(-c4cccc(-c5cc(-c6ccccc6)c(-c6cccc(-c7nc(-c8ccccc8)nc(-c8ccccc8)n7)c6)c(-c6ccccc6)c5)c4)c3cc21. The summed E-state index contributed by atoms with van der Waals surface area (Å²) in [7, 11) is 0. The highest BCUT2D eigenvalue weighted by Crippen LogP contribution is 2.51. The van der Waals surface area contributed by atoms with E-state index < -0.39 is 0 Å². The lowest BCUT2D eigenvalue weighted by atomic mass is 9.82. The van der Waals surface area contributed by atoms with Crippen LogP contribution in [0.5, 0.6) is 0 Å². The van der Waals surface area contributed by atoms with Crippen molar-refractivity contribution in [2.24, 2.45) is 0 Å². The Morgan fingerprint density at radius 1 is 0.300 bits per heavy atom. The van der Waals surface area contributed by atoms with Gasteiger partial charge in [-0.1, -0.05) is 208 Å². The summed E-state index contributed by atoms with van der Waals surface area (Å²) in [5.74, 6) is 1.89. The number of hydrogen-bond acceptors (Lipinski definition) is 3. The monoisotopic (exact) mass is 894 g/mol. The zero-order valence-electron chi connectivity index (χ0n) is 38.9. The van der Waals surface area contributed by atoms with Crippen molar-refractivity contribution >= 4 is 21.8 Å². The van der Waals surface area contributed by atoms with Crippen LogP contribution in [0.25, 0.3) is 117 Å². The summed E-state index contributed by atoms with van der Waals surface area (Å²) in [4.78, 5) is 15.2. The molecule has 4 heteroatoms. The normalized spacial score (nSPS) is 12.5. The lowest BCUT2D eigenvalue weighted by molar-refractivity contribution is 0.661. The maximum Gasteiger partial charge on any atom is 0.164 e. The van der Waals surface area contributed by atoms with Gasteiger partial charge >= 0.3 is 0 Å². The summed E-state index contributed by atoms with van der Waals surface area (Å²) in [5.41, 5.74) is 20.6. The van der Waals surface area contributed by atoms with Crippen LogP contribution in [0.2, 0.25) is 0 Å². The first kappa shape index (κ1) is 41.2. The Morgan fingerprint density at radius 2 is 0.800 bits per heavy atom. The van der Waals surface area contributed by atoms with Gasteiger partial charge in [-0.05, 0) is 115 Å². The number of benzene rings is 10. The maximum atomic E-state index is 5.13. The van der Waals surface area contributed by atoms with Gasteiger partial charge in [-0.2, -0.15) is 0 Å². The second-order valence-corrected chi connectivity index (χ2v) is 18.8. The molecule has 10 aromatic carbocycles. The first-order chi connectivity index (χ1) is 34.5. The molecule has 0 atom stereocenters. The number of para-hydroxylation sites is 1. The van der Waals surface area contributed by atoms with Gasteiger partial charge in [-0.25, -0.2) is 15.0 Å². The molecule has 0 aliphatic heterocycles. The van der Waals surface area contributed by atoms with Crippen LogP contribution in [0.15, 0.2) is 243 Å². The number of fused-ring (bicyclic) bond motifs is 6. The van der Waals surface area contributed by atoms with Crippen molar-refractivity contribution in [1.82, 2.24) is 19.5 Å². The van der Waals surface area contributed by atoms with Crippen molar-refractivity contribution in [3.63, 3.8) is 0 Å². The fourth-order valence-corrected chi connectivity index (χ4v) is 10.8. The standard InChI is InChI=1S/C66H46N4/c1-66(2)58-35-17-15-33-52(58)56-41-57-53-34-16-18-36-60(53)70(61(57)42-59(56)66)51-32-20-29-47(38-51)50-39-54(43-21-7-3-8-22-43)62(55(40-50)44-23-9-4-10-24-44)48-30-19-31-49(37-48)65-68-63(45-25-11-5-12-26-45)67-64(69-65)46-27-13-6-14-28-46/h3-42H,1-2H3. The molecule has 4 nitrogen and oxygen atoms in total. The molecule has 330 valence electrons. The van der Waals surface area contributed by atoms with Crippen LogP contribution in [-0.4, -0.2) is 19.5 Å². The molecular formula is C66H46N4. The highest BCUT2D eigenvalue weighted by molar-refractivity contribution is 6.12. The Bertz CT molecular complexity index is 3830. The molecule has 13 rings (SSSR count). The highest BCUT2D eigenvalue weighted by Gasteiger charge is 2.36. The Kier molecular flexibility index (Phi) is 9.81. The summed E-state index contributed by atoms with van der Waals surface area (Å²) >= 11 is 0. The van der Waals surface area contributed by atoms with Gasteiger partial charge in [0.1, 0.15) is 0 Å². The molecule has 0 saturated carbocycles. The molecule has 1 aliphatic carbocycles. The van der Waals surface area contributed by atoms with E-state index >= 15 is 0 Å². The van der Waals surface area contributed by atoms with Crippen molar-refractivity contribution in [2.75, 3.05) is 0 Å². The van der Waals surface area contributed by atoms with Gasteiger partial charge in [0, 0.05) is 38.6 Å². The van der Waals surface area contributed by atoms with Crippen LogP contribution in [0, 0.1) is 0 Å². The van der Waals surface area contributed by atoms with Crippen LogP contribution in [0.4, 0.5) is 0 Å². The van der Waals surface area contributed by atoms with Gasteiger partial charge in [0.15, 0.2) is 17.5 Å². The lowest BCUT2D eigenvalue weighted by Gasteiger charge is -2.22. The van der Waals surface area contributed by atoms with Crippen molar-refractivity contribution in [2.45, 2.75) is 19.3 Å². The van der Waals surface area contributed by atoms with Gasteiger partial charge in [-0.3, -0.25) is 0 Å². The van der Waals surface area contributed by atoms with Gasteiger partial charge in [0.2, 0.25) is 0 Å². The van der Waals surface area contributed by atoms with Gasteiger partial charge < -0.3 is 4.57 Å². The third kappa shape index (κ3) is 6.95. The fourth-order valence-electron chi connectivity index (χ4n) is 10.8. The Hall–Kier alpha value is -8.99. The van der Waals surface area contributed by atoms with E-state index in [0.29, 0.717) is 17.5 Å². The average Bonchev–Trinajstić information content (AvgIpc) is 3.88. The first-order valence-electron chi connectivity index (χ1n) is 24.0. The molecule has 0 bridgehead atoms. The van der Waals surface area contributed by atoms with Gasteiger partial charge in [0.05, 0.1) is 11.0 Å². The topological polar surface area (TPSA) is 43.6 Å². The molecule has 0 N–H and O–H groups in total. The Morgan fingerprint density at radius 3 is 1.44 bits per heavy atom. The van der Waals surface area contributed by atoms with E-state index in [1.54, 1.807) is 0 Å². The third-order valence-corrected chi connectivity index (χ3v) is 14.2. The maximum absolute atomic E-state index is 5.13. The minimum Gasteiger partial charge on any atom is -0.309 e. The smallest absolute Gasteiger partial charge is 0.164 e. The summed E-state index contributed by atoms with van der Waals surface area (Å²) < 4.78 is 2.47. The van der Waals surface area contributed by atoms with E-state index in [1.165, 1.54) is 44.1 Å². The van der Waals surface area contributed by atoms with Crippen LogP contribution in [0.1, 0.15) is 25.0 Å². The van der Waals surface area contributed by atoms with E-state index in [4.69, 9.17) is 15.0 Å².